The molecule has 5 heteroatoms. The predicted molar refractivity (Wildman–Crippen MR) is 123 cm³/mol. The van der Waals surface area contributed by atoms with E-state index < -0.39 is 30.7 Å². The Morgan fingerprint density at radius 3 is 2.34 bits per heavy atom. The minimum absolute atomic E-state index is 0.0457. The second-order valence-electron chi connectivity index (χ2n) is 12.3. The zero-order chi connectivity index (χ0) is 22.8. The molecular formula is C27H44O5. The molecule has 13 atom stereocenters. The number of aliphatic hydroxyl groups is 3. The van der Waals surface area contributed by atoms with Gasteiger partial charge in [-0.1, -0.05) is 19.9 Å². The van der Waals surface area contributed by atoms with Gasteiger partial charge in [-0.2, -0.15) is 0 Å². The molecule has 32 heavy (non-hydrogen) atoms. The van der Waals surface area contributed by atoms with Crippen molar-refractivity contribution in [1.82, 2.24) is 0 Å². The van der Waals surface area contributed by atoms with Crippen molar-refractivity contribution in [2.24, 2.45) is 40.4 Å². The number of hydrogen-bond donors (Lipinski definition) is 3. The third-order valence-electron chi connectivity index (χ3n) is 11.1. The van der Waals surface area contributed by atoms with Crippen molar-refractivity contribution in [3.8, 4) is 0 Å². The molecule has 0 radical (unpaired) electrons. The molecule has 0 aromatic carbocycles. The Hall–Kier alpha value is -0.460. The van der Waals surface area contributed by atoms with Gasteiger partial charge in [-0.25, -0.2) is 0 Å². The van der Waals surface area contributed by atoms with Gasteiger partial charge in [0.15, 0.2) is 6.29 Å². The first kappa shape index (κ1) is 23.3. The fourth-order valence-corrected chi connectivity index (χ4v) is 9.09. The van der Waals surface area contributed by atoms with Crippen molar-refractivity contribution in [3.05, 3.63) is 12.7 Å². The van der Waals surface area contributed by atoms with Crippen LogP contribution in [-0.4, -0.2) is 52.1 Å². The van der Waals surface area contributed by atoms with Crippen molar-refractivity contribution in [3.63, 3.8) is 0 Å². The highest BCUT2D eigenvalue weighted by Crippen LogP contribution is 2.67. The summed E-state index contributed by atoms with van der Waals surface area (Å²) in [5, 5.41) is 30.5. The largest absolute Gasteiger partial charge is 0.388 e. The number of allylic oxidation sites excluding steroid dienone is 1. The van der Waals surface area contributed by atoms with Gasteiger partial charge in [0.25, 0.3) is 0 Å². The van der Waals surface area contributed by atoms with E-state index in [1.807, 2.05) is 0 Å². The van der Waals surface area contributed by atoms with Crippen LogP contribution in [0.15, 0.2) is 12.7 Å². The maximum absolute atomic E-state index is 10.4. The Morgan fingerprint density at radius 2 is 1.59 bits per heavy atom. The lowest BCUT2D eigenvalue weighted by molar-refractivity contribution is -0.309. The molecule has 0 spiro atoms. The van der Waals surface area contributed by atoms with Gasteiger partial charge < -0.3 is 24.8 Å². The summed E-state index contributed by atoms with van der Waals surface area (Å²) in [6.07, 6.45) is 8.54. The Labute approximate surface area is 193 Å². The van der Waals surface area contributed by atoms with Crippen LogP contribution < -0.4 is 0 Å². The quantitative estimate of drug-likeness (QED) is 0.449. The molecule has 1 saturated heterocycles. The molecular weight excluding hydrogens is 404 g/mol. The average Bonchev–Trinajstić information content (AvgIpc) is 3.12. The Bertz CT molecular complexity index is 712. The van der Waals surface area contributed by atoms with E-state index in [1.165, 1.54) is 44.9 Å². The lowest BCUT2D eigenvalue weighted by atomic mass is 9.44. The average molecular weight is 449 g/mol. The van der Waals surface area contributed by atoms with Gasteiger partial charge in [0.1, 0.15) is 18.3 Å². The summed E-state index contributed by atoms with van der Waals surface area (Å²) in [5.74, 6) is 3.88. The number of fused-ring (bicyclic) bond motifs is 5. The normalized spacial score (nSPS) is 57.9. The molecule has 4 unspecified atom stereocenters. The first-order chi connectivity index (χ1) is 15.2. The van der Waals surface area contributed by atoms with Crippen LogP contribution in [0.1, 0.15) is 78.6 Å². The summed E-state index contributed by atoms with van der Waals surface area (Å²) in [5.41, 5.74) is 0.842. The van der Waals surface area contributed by atoms with Crippen molar-refractivity contribution in [2.45, 2.75) is 115 Å². The summed E-state index contributed by atoms with van der Waals surface area (Å²) >= 11 is 0. The molecule has 4 aliphatic carbocycles. The minimum atomic E-state index is -1.23. The van der Waals surface area contributed by atoms with Crippen molar-refractivity contribution in [2.75, 3.05) is 0 Å². The number of ether oxygens (including phenoxy) is 2. The van der Waals surface area contributed by atoms with Gasteiger partial charge in [-0.15, -0.1) is 6.58 Å². The zero-order valence-corrected chi connectivity index (χ0v) is 20.2. The van der Waals surface area contributed by atoms with E-state index >= 15 is 0 Å². The Balaban J connectivity index is 1.26. The summed E-state index contributed by atoms with van der Waals surface area (Å²) in [7, 11) is 0. The van der Waals surface area contributed by atoms with E-state index in [4.69, 9.17) is 9.47 Å². The van der Waals surface area contributed by atoms with Crippen LogP contribution in [0, 0.1) is 40.4 Å². The maximum Gasteiger partial charge on any atom is 0.186 e. The molecule has 0 aromatic heterocycles. The Kier molecular flexibility index (Phi) is 6.07. The lowest BCUT2D eigenvalue weighted by Gasteiger charge is -2.61. The van der Waals surface area contributed by atoms with E-state index in [1.54, 1.807) is 6.92 Å². The van der Waals surface area contributed by atoms with E-state index in [-0.39, 0.29) is 6.10 Å². The van der Waals surface area contributed by atoms with Crippen LogP contribution in [0.4, 0.5) is 0 Å². The molecule has 5 fully saturated rings. The highest BCUT2D eigenvalue weighted by atomic mass is 16.7. The van der Waals surface area contributed by atoms with Crippen molar-refractivity contribution < 1.29 is 24.8 Å². The summed E-state index contributed by atoms with van der Waals surface area (Å²) in [6, 6.07) is 0. The predicted octanol–water partition coefficient (Wildman–Crippen LogP) is 4.04. The first-order valence-corrected chi connectivity index (χ1v) is 13.2. The van der Waals surface area contributed by atoms with Crippen LogP contribution >= 0.6 is 0 Å². The third kappa shape index (κ3) is 3.45. The van der Waals surface area contributed by atoms with Crippen LogP contribution in [-0.2, 0) is 9.47 Å². The van der Waals surface area contributed by atoms with E-state index in [0.717, 1.165) is 30.6 Å². The zero-order valence-electron chi connectivity index (χ0n) is 20.2. The van der Waals surface area contributed by atoms with Gasteiger partial charge in [0.05, 0.1) is 12.2 Å². The monoisotopic (exact) mass is 448 g/mol. The maximum atomic E-state index is 10.4. The highest BCUT2D eigenvalue weighted by Gasteiger charge is 2.60. The van der Waals surface area contributed by atoms with Gasteiger partial charge >= 0.3 is 0 Å². The fourth-order valence-electron chi connectivity index (χ4n) is 9.09. The fraction of sp³-hybridized carbons (Fsp3) is 0.926. The second kappa shape index (κ2) is 8.34. The summed E-state index contributed by atoms with van der Waals surface area (Å²) in [4.78, 5) is 0. The van der Waals surface area contributed by atoms with Gasteiger partial charge in [0.2, 0.25) is 0 Å². The molecule has 0 bridgehead atoms. The van der Waals surface area contributed by atoms with Crippen molar-refractivity contribution in [1.29, 1.82) is 0 Å². The molecule has 5 rings (SSSR count). The van der Waals surface area contributed by atoms with Crippen LogP contribution in [0.25, 0.3) is 0 Å². The smallest absolute Gasteiger partial charge is 0.186 e. The summed E-state index contributed by atoms with van der Waals surface area (Å²) < 4.78 is 11.9. The lowest BCUT2D eigenvalue weighted by Crippen LogP contribution is -2.58. The third-order valence-corrected chi connectivity index (χ3v) is 11.1. The SMILES string of the molecule is C=CC1CC[C@H]2[C@@H]3CC[C@H]4CC(OC5OC(C)[C@@H](O)[C@H](O)[C@@H]5O)CC[C@]4(C)[C@H]3CC[C@]12C. The number of rotatable bonds is 3. The van der Waals surface area contributed by atoms with Gasteiger partial charge in [0, 0.05) is 0 Å². The molecule has 1 aliphatic heterocycles. The molecule has 5 nitrogen and oxygen atoms in total. The molecule has 0 aromatic rings. The second-order valence-corrected chi connectivity index (χ2v) is 12.3. The van der Waals surface area contributed by atoms with Crippen molar-refractivity contribution >= 4 is 0 Å². The minimum Gasteiger partial charge on any atom is -0.388 e. The molecule has 5 aliphatic rings. The first-order valence-electron chi connectivity index (χ1n) is 13.2. The molecule has 3 N–H and O–H groups in total. The molecule has 182 valence electrons. The van der Waals surface area contributed by atoms with Gasteiger partial charge in [-0.3, -0.25) is 0 Å². The van der Waals surface area contributed by atoms with E-state index in [2.05, 4.69) is 26.5 Å². The van der Waals surface area contributed by atoms with E-state index in [9.17, 15) is 15.3 Å². The molecule has 1 heterocycles. The highest BCUT2D eigenvalue weighted by molar-refractivity contribution is 5.11. The van der Waals surface area contributed by atoms with Crippen LogP contribution in [0.2, 0.25) is 0 Å². The van der Waals surface area contributed by atoms with E-state index in [0.29, 0.717) is 22.7 Å². The number of hydrogen-bond acceptors (Lipinski definition) is 5. The molecule has 4 saturated carbocycles. The standard InChI is InChI=1S/C27H44O5/c1-5-16-7-9-20-19-8-6-17-14-18(32-25-24(30)23(29)22(28)15(2)31-25)10-12-27(17,4)21(19)11-13-26(16,20)3/h5,15-25,28-30H,1,6-14H2,2-4H3/t15?,16?,17-,18?,19-,20-,21-,22+,23-,24-,25?,26+,27-/m0/s1. The van der Waals surface area contributed by atoms with Crippen LogP contribution in [0.5, 0.6) is 0 Å². The summed E-state index contributed by atoms with van der Waals surface area (Å²) in [6.45, 7) is 11.0. The van der Waals surface area contributed by atoms with Crippen LogP contribution in [0.3, 0.4) is 0 Å². The molecule has 0 amide bonds. The van der Waals surface area contributed by atoms with Gasteiger partial charge in [-0.05, 0) is 105 Å². The Morgan fingerprint density at radius 1 is 0.875 bits per heavy atom. The number of aliphatic hydroxyl groups excluding tert-OH is 3. The topological polar surface area (TPSA) is 79.2 Å².